The van der Waals surface area contributed by atoms with Crippen molar-refractivity contribution in [2.75, 3.05) is 0 Å². The summed E-state index contributed by atoms with van der Waals surface area (Å²) in [4.78, 5) is 3.06. The first-order valence-electron chi connectivity index (χ1n) is 7.10. The maximum Gasteiger partial charge on any atom is 0.480 e. The molecule has 27 heavy (non-hydrogen) atoms. The largest absolute Gasteiger partial charge is 0.480 e. The van der Waals surface area contributed by atoms with Crippen LogP contribution >= 0.6 is 0 Å². The van der Waals surface area contributed by atoms with Gasteiger partial charge < -0.3 is 4.13 Å². The van der Waals surface area contributed by atoms with Gasteiger partial charge in [0.05, 0.1) is 0 Å². The molecular weight excluding hydrogens is 428 g/mol. The first kappa shape index (κ1) is 25.4. The monoisotopic (exact) mass is 445 g/mol. The lowest BCUT2D eigenvalue weighted by molar-refractivity contribution is -0.722. The molecule has 0 saturated heterocycles. The zero-order valence-corrected chi connectivity index (χ0v) is 15.5. The number of hydrogen-bond acceptors (Lipinski definition) is 4. The minimum atomic E-state index is -6.72. The maximum atomic E-state index is 11.4. The molecule has 1 atom stereocenters. The predicted molar refractivity (Wildman–Crippen MR) is 83.1 cm³/mol. The summed E-state index contributed by atoms with van der Waals surface area (Å²) in [5.41, 5.74) is -12.4. The number of alkyl halides is 6. The third-order valence-electron chi connectivity index (χ3n) is 2.83. The second-order valence-corrected chi connectivity index (χ2v) is 8.36. The van der Waals surface area contributed by atoms with Crippen molar-refractivity contribution < 1.29 is 47.7 Å². The van der Waals surface area contributed by atoms with Crippen LogP contribution in [0.3, 0.4) is 0 Å². The van der Waals surface area contributed by atoms with Crippen molar-refractivity contribution >= 4 is 20.0 Å². The summed E-state index contributed by atoms with van der Waals surface area (Å²) in [6, 6.07) is 0.582. The van der Waals surface area contributed by atoms with Crippen LogP contribution in [0, 0.1) is 0 Å². The molecule has 0 bridgehead atoms. The third kappa shape index (κ3) is 7.88. The van der Waals surface area contributed by atoms with Crippen LogP contribution in [0.4, 0.5) is 26.3 Å². The normalized spacial score (nSPS) is 14.2. The topological polar surface area (TPSA) is 102 Å². The molecule has 0 fully saturated rings. The zero-order valence-electron chi connectivity index (χ0n) is 13.8. The van der Waals surface area contributed by atoms with Crippen LogP contribution in [0.1, 0.15) is 32.2 Å². The van der Waals surface area contributed by atoms with Gasteiger partial charge in [0.25, 0.3) is 0 Å². The Morgan fingerprint density at radius 1 is 1.11 bits per heavy atom. The molecule has 1 aromatic heterocycles. The minimum Gasteiger partial charge on any atom is -0.421 e. The van der Waals surface area contributed by atoms with Gasteiger partial charge in [0.2, 0.25) is 6.33 Å². The van der Waals surface area contributed by atoms with Crippen molar-refractivity contribution in [3.05, 3.63) is 35.5 Å². The lowest BCUT2D eigenvalue weighted by atomic mass is 10.1. The van der Waals surface area contributed by atoms with E-state index < -0.39 is 31.1 Å². The van der Waals surface area contributed by atoms with Crippen LogP contribution in [-0.2, 0) is 20.0 Å². The molecule has 0 aliphatic heterocycles. The highest BCUT2D eigenvalue weighted by Crippen LogP contribution is 2.36. The van der Waals surface area contributed by atoms with E-state index in [1.54, 1.807) is 0 Å². The molecular formula is C12H17F6N3O4S2. The van der Waals surface area contributed by atoms with Crippen molar-refractivity contribution in [1.82, 2.24) is 4.98 Å². The molecule has 0 radical (unpaired) electrons. The molecule has 1 heterocycles. The van der Waals surface area contributed by atoms with Crippen LogP contribution in [0.5, 0.6) is 0 Å². The van der Waals surface area contributed by atoms with E-state index in [2.05, 4.69) is 29.3 Å². The molecule has 0 aliphatic carbocycles. The molecule has 15 heteroatoms. The minimum absolute atomic E-state index is 0.582. The number of H-pyrrole nitrogens is 1. The highest BCUT2D eigenvalue weighted by molar-refractivity contribution is 8.13. The van der Waals surface area contributed by atoms with Gasteiger partial charge in [-0.3, -0.25) is 4.98 Å². The predicted octanol–water partition coefficient (Wildman–Crippen LogP) is 3.28. The van der Waals surface area contributed by atoms with E-state index in [1.807, 2.05) is 18.6 Å². The van der Waals surface area contributed by atoms with E-state index in [0.717, 1.165) is 10.5 Å². The molecule has 0 aliphatic rings. The van der Waals surface area contributed by atoms with Crippen LogP contribution in [0.15, 0.2) is 31.4 Å². The van der Waals surface area contributed by atoms with Crippen molar-refractivity contribution in [2.24, 2.45) is 0 Å². The number of halogens is 6. The average Bonchev–Trinajstić information content (AvgIpc) is 2.98. The van der Waals surface area contributed by atoms with Crippen molar-refractivity contribution in [2.45, 2.75) is 43.2 Å². The molecule has 1 unspecified atom stereocenters. The molecule has 0 amide bonds. The number of rotatable bonds is 7. The lowest BCUT2D eigenvalue weighted by Crippen LogP contribution is -2.36. The van der Waals surface area contributed by atoms with Crippen molar-refractivity contribution in [3.63, 3.8) is 0 Å². The Hall–Kier alpha value is -1.61. The van der Waals surface area contributed by atoms with Crippen molar-refractivity contribution in [3.8, 4) is 0 Å². The van der Waals surface area contributed by atoms with E-state index in [9.17, 15) is 43.2 Å². The summed E-state index contributed by atoms with van der Waals surface area (Å²) in [6.45, 7) is 5.98. The molecule has 1 aromatic rings. The van der Waals surface area contributed by atoms with Gasteiger partial charge in [0, 0.05) is 6.42 Å². The summed E-state index contributed by atoms with van der Waals surface area (Å²) in [5, 5.41) is 0. The molecule has 7 nitrogen and oxygen atoms in total. The summed E-state index contributed by atoms with van der Waals surface area (Å²) in [7, 11) is -13.4. The molecule has 0 aromatic carbocycles. The number of sulfonamides is 2. The summed E-state index contributed by atoms with van der Waals surface area (Å²) < 4.78 is 111. The number of aromatic amines is 1. The van der Waals surface area contributed by atoms with Gasteiger partial charge in [-0.05, 0) is 6.42 Å². The van der Waals surface area contributed by atoms with Gasteiger partial charge in [0.1, 0.15) is 18.4 Å². The van der Waals surface area contributed by atoms with Gasteiger partial charge in [-0.25, -0.2) is 21.4 Å². The summed E-state index contributed by atoms with van der Waals surface area (Å²) in [6.07, 6.45) is 11.5. The molecule has 1 rings (SSSR count). The fourth-order valence-electron chi connectivity index (χ4n) is 1.66. The lowest BCUT2D eigenvalue weighted by Gasteiger charge is -2.22. The fraction of sp³-hybridized carbons (Fsp3) is 0.583. The Bertz CT molecular complexity index is 744. The SMILES string of the molecule is C=CCC(CCC)[n+]1cc[nH]c1.O=S(=O)([N-]S(=O)(=O)C(F)(F)F)C(F)(F)F. The first-order valence-corrected chi connectivity index (χ1v) is 9.98. The second-order valence-electron chi connectivity index (χ2n) is 4.94. The number of nitrogens with one attached hydrogen (secondary N) is 1. The smallest absolute Gasteiger partial charge is 0.421 e. The Labute approximate surface area is 152 Å². The maximum absolute atomic E-state index is 11.4. The van der Waals surface area contributed by atoms with Crippen LogP contribution < -0.4 is 4.57 Å². The molecule has 0 saturated carbocycles. The van der Waals surface area contributed by atoms with Gasteiger partial charge in [-0.2, -0.15) is 26.3 Å². The van der Waals surface area contributed by atoms with Gasteiger partial charge in [0.15, 0.2) is 20.0 Å². The van der Waals surface area contributed by atoms with E-state index in [-0.39, 0.29) is 0 Å². The molecule has 158 valence electrons. The number of allylic oxidation sites excluding steroid dienone is 1. The van der Waals surface area contributed by atoms with Gasteiger partial charge >= 0.3 is 11.0 Å². The van der Waals surface area contributed by atoms with E-state index in [0.29, 0.717) is 6.04 Å². The quantitative estimate of drug-likeness (QED) is 0.395. The number of imidazole rings is 1. The number of nitrogens with zero attached hydrogens (tertiary/aromatic N) is 2. The molecule has 0 spiro atoms. The Morgan fingerprint density at radius 3 is 1.89 bits per heavy atom. The van der Waals surface area contributed by atoms with Crippen molar-refractivity contribution in [1.29, 1.82) is 0 Å². The Balaban J connectivity index is 0.000000511. The number of aromatic nitrogens is 2. The van der Waals surface area contributed by atoms with Gasteiger partial charge in [-0.15, -0.1) is 6.58 Å². The van der Waals surface area contributed by atoms with Crippen LogP contribution in [0.2, 0.25) is 0 Å². The second kappa shape index (κ2) is 9.54. The summed E-state index contributed by atoms with van der Waals surface area (Å²) >= 11 is 0. The Morgan fingerprint density at radius 2 is 1.59 bits per heavy atom. The third-order valence-corrected chi connectivity index (χ3v) is 5.57. The fourth-order valence-corrected chi connectivity index (χ4v) is 3.37. The van der Waals surface area contributed by atoms with Gasteiger partial charge in [-0.1, -0.05) is 19.4 Å². The van der Waals surface area contributed by atoms with E-state index in [4.69, 9.17) is 0 Å². The Kier molecular flexibility index (Phi) is 8.98. The first-order chi connectivity index (χ1) is 12.1. The highest BCUT2D eigenvalue weighted by atomic mass is 32.3. The average molecular weight is 445 g/mol. The molecule has 1 N–H and O–H groups in total. The summed E-state index contributed by atoms with van der Waals surface area (Å²) in [5.74, 6) is 0. The highest BCUT2D eigenvalue weighted by Gasteiger charge is 2.46. The zero-order chi connectivity index (χ0) is 21.5. The van der Waals surface area contributed by atoms with E-state index >= 15 is 0 Å². The van der Waals surface area contributed by atoms with E-state index in [1.165, 1.54) is 12.8 Å². The van der Waals surface area contributed by atoms with Crippen LogP contribution in [-0.4, -0.2) is 32.8 Å². The number of hydrogen-bond donors (Lipinski definition) is 1. The van der Waals surface area contributed by atoms with Crippen LogP contribution in [0.25, 0.3) is 4.13 Å². The standard InChI is InChI=1S/C10H16N2.C2F6NO4S2/c1-3-5-10(6-4-2)12-8-7-11-9-12;3-1(4,5)14(10,11)9-15(12,13)2(6,7)8/h3,7-10H,1,4-6H2,2H3;/q;-1/p+1.